The van der Waals surface area contributed by atoms with E-state index in [1.807, 2.05) is 17.9 Å². The van der Waals surface area contributed by atoms with Crippen LogP contribution in [0.15, 0.2) is 12.3 Å². The van der Waals surface area contributed by atoms with Crippen molar-refractivity contribution >= 4 is 11.7 Å². The number of aromatic nitrogens is 1. The lowest BCUT2D eigenvalue weighted by Gasteiger charge is -2.22. The lowest BCUT2D eigenvalue weighted by atomic mass is 9.87. The summed E-state index contributed by atoms with van der Waals surface area (Å²) < 4.78 is 10.7. The number of aryl methyl sites for hydroxylation is 1. The minimum absolute atomic E-state index is 0.0931. The summed E-state index contributed by atoms with van der Waals surface area (Å²) >= 11 is 0. The van der Waals surface area contributed by atoms with Crippen LogP contribution in [0.3, 0.4) is 0 Å². The fraction of sp³-hybridized carbons (Fsp3) is 0.600. The number of nitrogens with one attached hydrogen (secondary N) is 1. The fourth-order valence-corrected chi connectivity index (χ4v) is 3.08. The van der Waals surface area contributed by atoms with E-state index in [2.05, 4.69) is 10.3 Å². The molecule has 2 aliphatic rings. The predicted octanol–water partition coefficient (Wildman–Crippen LogP) is 2.04. The number of amides is 2. The lowest BCUT2D eigenvalue weighted by Crippen LogP contribution is -2.35. The van der Waals surface area contributed by atoms with Crippen LogP contribution in [0.25, 0.3) is 0 Å². The average Bonchev–Trinajstić information content (AvgIpc) is 3.10. The molecule has 0 radical (unpaired) electrons. The first-order valence-corrected chi connectivity index (χ1v) is 7.26. The number of hydrogen-bond acceptors (Lipinski definition) is 4. The highest BCUT2D eigenvalue weighted by Crippen LogP contribution is 2.38. The molecule has 114 valence electrons. The maximum atomic E-state index is 12.4. The Morgan fingerprint density at radius 1 is 1.52 bits per heavy atom. The number of anilines is 1. The number of ether oxygens (including phenoxy) is 2. The SMILES string of the molecule is COc1ncc(C)cc1NC(=O)N1CC[C@]2(CCOC2)C1. The summed E-state index contributed by atoms with van der Waals surface area (Å²) in [5.41, 5.74) is 1.77. The number of hydrogen-bond donors (Lipinski definition) is 1. The molecule has 2 fully saturated rings. The van der Waals surface area contributed by atoms with E-state index in [0.29, 0.717) is 11.6 Å². The van der Waals surface area contributed by atoms with Gasteiger partial charge in [0, 0.05) is 31.3 Å². The number of rotatable bonds is 2. The smallest absolute Gasteiger partial charge is 0.322 e. The molecular formula is C15H21N3O3. The molecule has 1 aromatic heterocycles. The van der Waals surface area contributed by atoms with E-state index >= 15 is 0 Å². The second-order valence-corrected chi connectivity index (χ2v) is 5.97. The first-order chi connectivity index (χ1) is 10.1. The van der Waals surface area contributed by atoms with Crippen molar-refractivity contribution in [3.63, 3.8) is 0 Å². The third kappa shape index (κ3) is 2.81. The molecule has 6 heteroatoms. The van der Waals surface area contributed by atoms with Gasteiger partial charge in [0.15, 0.2) is 0 Å². The molecule has 2 saturated heterocycles. The number of carbonyl (C=O) groups is 1. The summed E-state index contributed by atoms with van der Waals surface area (Å²) in [4.78, 5) is 18.5. The molecule has 1 aromatic rings. The summed E-state index contributed by atoms with van der Waals surface area (Å²) in [6.45, 7) is 5.05. The zero-order valence-electron chi connectivity index (χ0n) is 12.5. The highest BCUT2D eigenvalue weighted by atomic mass is 16.5. The van der Waals surface area contributed by atoms with Crippen molar-refractivity contribution in [2.45, 2.75) is 19.8 Å². The summed E-state index contributed by atoms with van der Waals surface area (Å²) in [5.74, 6) is 0.437. The molecule has 2 amide bonds. The third-order valence-corrected chi connectivity index (χ3v) is 4.33. The van der Waals surface area contributed by atoms with Gasteiger partial charge in [-0.25, -0.2) is 9.78 Å². The Morgan fingerprint density at radius 3 is 3.10 bits per heavy atom. The van der Waals surface area contributed by atoms with Gasteiger partial charge in [-0.05, 0) is 31.4 Å². The maximum Gasteiger partial charge on any atom is 0.322 e. The number of methoxy groups -OCH3 is 1. The summed E-state index contributed by atoms with van der Waals surface area (Å²) in [5, 5.41) is 2.91. The van der Waals surface area contributed by atoms with Crippen molar-refractivity contribution in [3.05, 3.63) is 17.8 Å². The third-order valence-electron chi connectivity index (χ3n) is 4.33. The van der Waals surface area contributed by atoms with E-state index in [1.54, 1.807) is 13.3 Å². The van der Waals surface area contributed by atoms with E-state index in [1.165, 1.54) is 0 Å². The highest BCUT2D eigenvalue weighted by Gasteiger charge is 2.42. The van der Waals surface area contributed by atoms with Crippen LogP contribution in [0.4, 0.5) is 10.5 Å². The number of likely N-dealkylation sites (tertiary alicyclic amines) is 1. The van der Waals surface area contributed by atoms with Crippen LogP contribution in [0, 0.1) is 12.3 Å². The summed E-state index contributed by atoms with van der Waals surface area (Å²) in [7, 11) is 1.55. The van der Waals surface area contributed by atoms with Crippen molar-refractivity contribution < 1.29 is 14.3 Å². The second kappa shape index (κ2) is 5.52. The van der Waals surface area contributed by atoms with Gasteiger partial charge in [-0.15, -0.1) is 0 Å². The molecule has 3 heterocycles. The molecular weight excluding hydrogens is 270 g/mol. The molecule has 0 aliphatic carbocycles. The minimum atomic E-state index is -0.0931. The van der Waals surface area contributed by atoms with Gasteiger partial charge in [0.25, 0.3) is 0 Å². The van der Waals surface area contributed by atoms with Crippen molar-refractivity contribution in [2.75, 3.05) is 38.7 Å². The summed E-state index contributed by atoms with van der Waals surface area (Å²) in [6.07, 6.45) is 3.78. The predicted molar refractivity (Wildman–Crippen MR) is 78.6 cm³/mol. The molecule has 1 N–H and O–H groups in total. The first-order valence-electron chi connectivity index (χ1n) is 7.26. The molecule has 1 spiro atoms. The standard InChI is InChI=1S/C15H21N3O3/c1-11-7-12(13(20-2)16-8-11)17-14(19)18-5-3-15(9-18)4-6-21-10-15/h7-8H,3-6,9-10H2,1-2H3,(H,17,19)/t15-/m0/s1. The molecule has 3 rings (SSSR count). The van der Waals surface area contributed by atoms with Gasteiger partial charge in [-0.2, -0.15) is 0 Å². The van der Waals surface area contributed by atoms with Crippen LogP contribution >= 0.6 is 0 Å². The number of pyridine rings is 1. The van der Waals surface area contributed by atoms with Crippen LogP contribution in [0.5, 0.6) is 5.88 Å². The molecule has 0 saturated carbocycles. The van der Waals surface area contributed by atoms with Gasteiger partial charge >= 0.3 is 6.03 Å². The average molecular weight is 291 g/mol. The fourth-order valence-electron chi connectivity index (χ4n) is 3.08. The molecule has 6 nitrogen and oxygen atoms in total. The normalized spacial score (nSPS) is 24.6. The Morgan fingerprint density at radius 2 is 2.38 bits per heavy atom. The van der Waals surface area contributed by atoms with Gasteiger partial charge in [0.05, 0.1) is 13.7 Å². The lowest BCUT2D eigenvalue weighted by molar-refractivity contribution is 0.154. The molecule has 21 heavy (non-hydrogen) atoms. The Labute approximate surface area is 124 Å². The van der Waals surface area contributed by atoms with Gasteiger partial charge in [0.2, 0.25) is 5.88 Å². The van der Waals surface area contributed by atoms with Crippen LogP contribution in [0.1, 0.15) is 18.4 Å². The number of urea groups is 1. The molecule has 0 bridgehead atoms. The van der Waals surface area contributed by atoms with Crippen molar-refractivity contribution in [3.8, 4) is 5.88 Å². The van der Waals surface area contributed by atoms with Crippen LogP contribution in [-0.2, 0) is 4.74 Å². The quantitative estimate of drug-likeness (QED) is 0.905. The second-order valence-electron chi connectivity index (χ2n) is 5.97. The van der Waals surface area contributed by atoms with Gasteiger partial charge < -0.3 is 19.7 Å². The van der Waals surface area contributed by atoms with Crippen LogP contribution < -0.4 is 10.1 Å². The zero-order valence-corrected chi connectivity index (χ0v) is 12.5. The van der Waals surface area contributed by atoms with Crippen molar-refractivity contribution in [1.29, 1.82) is 0 Å². The molecule has 0 aromatic carbocycles. The Balaban J connectivity index is 1.68. The van der Waals surface area contributed by atoms with Gasteiger partial charge in [-0.3, -0.25) is 0 Å². The Bertz CT molecular complexity index is 541. The van der Waals surface area contributed by atoms with Crippen LogP contribution in [-0.4, -0.2) is 49.3 Å². The van der Waals surface area contributed by atoms with E-state index in [0.717, 1.165) is 44.7 Å². The first kappa shape index (κ1) is 14.1. The van der Waals surface area contributed by atoms with E-state index < -0.39 is 0 Å². The van der Waals surface area contributed by atoms with Gasteiger partial charge in [-0.1, -0.05) is 0 Å². The number of carbonyl (C=O) groups excluding carboxylic acids is 1. The molecule has 0 unspecified atom stereocenters. The molecule has 2 aliphatic heterocycles. The Hall–Kier alpha value is -1.82. The minimum Gasteiger partial charge on any atom is -0.480 e. The number of nitrogens with zero attached hydrogens (tertiary/aromatic N) is 2. The summed E-state index contributed by atoms with van der Waals surface area (Å²) in [6, 6.07) is 1.78. The topological polar surface area (TPSA) is 63.7 Å². The zero-order chi connectivity index (χ0) is 14.9. The van der Waals surface area contributed by atoms with E-state index in [9.17, 15) is 4.79 Å². The monoisotopic (exact) mass is 291 g/mol. The van der Waals surface area contributed by atoms with E-state index in [-0.39, 0.29) is 11.4 Å². The van der Waals surface area contributed by atoms with E-state index in [4.69, 9.17) is 9.47 Å². The highest BCUT2D eigenvalue weighted by molar-refractivity contribution is 5.90. The molecule has 1 atom stereocenters. The van der Waals surface area contributed by atoms with Crippen LogP contribution in [0.2, 0.25) is 0 Å². The Kier molecular flexibility index (Phi) is 3.71. The maximum absolute atomic E-state index is 12.4. The van der Waals surface area contributed by atoms with Gasteiger partial charge in [0.1, 0.15) is 5.69 Å². The largest absolute Gasteiger partial charge is 0.480 e. The van der Waals surface area contributed by atoms with Crippen molar-refractivity contribution in [2.24, 2.45) is 5.41 Å². The van der Waals surface area contributed by atoms with Crippen molar-refractivity contribution in [1.82, 2.24) is 9.88 Å².